The molecule has 0 aromatic heterocycles. The Kier molecular flexibility index (Phi) is 10.8. The number of likely N-dealkylation sites (tertiary alicyclic amines) is 1. The van der Waals surface area contributed by atoms with Crippen LogP contribution in [0.2, 0.25) is 0 Å². The van der Waals surface area contributed by atoms with E-state index in [1.165, 1.54) is 11.1 Å². The van der Waals surface area contributed by atoms with Crippen LogP contribution in [-0.4, -0.2) is 56.7 Å². The molecule has 2 aliphatic rings. The lowest BCUT2D eigenvalue weighted by molar-refractivity contribution is -0.137. The molecule has 3 rings (SSSR count). The van der Waals surface area contributed by atoms with Crippen molar-refractivity contribution in [2.24, 2.45) is 5.41 Å². The van der Waals surface area contributed by atoms with Gasteiger partial charge in [0.25, 0.3) is 0 Å². The molecule has 0 bridgehead atoms. The van der Waals surface area contributed by atoms with Gasteiger partial charge in [0.05, 0.1) is 12.0 Å². The number of rotatable bonds is 6. The molecular formula is C21H35Cl2N3O2. The number of amides is 1. The van der Waals surface area contributed by atoms with E-state index < -0.39 is 0 Å². The van der Waals surface area contributed by atoms with Crippen LogP contribution in [0.1, 0.15) is 36.8 Å². The maximum absolute atomic E-state index is 13.0. The molecule has 7 heteroatoms. The largest absolute Gasteiger partial charge is 0.384 e. The first-order valence-corrected chi connectivity index (χ1v) is 9.90. The number of piperidine rings is 2. The average molecular weight is 432 g/mol. The second kappa shape index (κ2) is 12.0. The van der Waals surface area contributed by atoms with E-state index in [9.17, 15) is 4.79 Å². The molecule has 5 nitrogen and oxygen atoms in total. The highest BCUT2D eigenvalue weighted by Gasteiger charge is 2.40. The van der Waals surface area contributed by atoms with Crippen LogP contribution in [0.5, 0.6) is 0 Å². The van der Waals surface area contributed by atoms with Gasteiger partial charge >= 0.3 is 0 Å². The van der Waals surface area contributed by atoms with Gasteiger partial charge in [0.15, 0.2) is 0 Å². The third-order valence-electron chi connectivity index (χ3n) is 6.04. The smallest absolute Gasteiger partial charge is 0.228 e. The van der Waals surface area contributed by atoms with E-state index in [1.54, 1.807) is 7.11 Å². The Labute approximate surface area is 181 Å². The summed E-state index contributed by atoms with van der Waals surface area (Å²) in [7, 11) is 1.70. The lowest BCUT2D eigenvalue weighted by Crippen LogP contribution is -2.54. The number of benzene rings is 1. The van der Waals surface area contributed by atoms with Gasteiger partial charge in [0, 0.05) is 32.8 Å². The number of carbonyl (C=O) groups excluding carboxylic acids is 1. The van der Waals surface area contributed by atoms with Crippen molar-refractivity contribution >= 4 is 30.7 Å². The highest BCUT2D eigenvalue weighted by atomic mass is 35.5. The minimum Gasteiger partial charge on any atom is -0.384 e. The Morgan fingerprint density at radius 2 is 1.86 bits per heavy atom. The SMILES string of the molecule is COCC1(C(=O)NC2CCN(Cc3ccccc3C)CC2)CCNCC1.Cl.Cl. The van der Waals surface area contributed by atoms with E-state index in [0.717, 1.165) is 58.4 Å². The zero-order valence-corrected chi connectivity index (χ0v) is 18.7. The number of hydrogen-bond donors (Lipinski definition) is 2. The predicted molar refractivity (Wildman–Crippen MR) is 119 cm³/mol. The molecule has 2 N–H and O–H groups in total. The maximum Gasteiger partial charge on any atom is 0.228 e. The van der Waals surface area contributed by atoms with E-state index in [2.05, 4.69) is 46.7 Å². The lowest BCUT2D eigenvalue weighted by atomic mass is 9.78. The topological polar surface area (TPSA) is 53.6 Å². The molecule has 2 saturated heterocycles. The molecule has 0 aliphatic carbocycles. The Hall–Kier alpha value is -0.850. The fourth-order valence-corrected chi connectivity index (χ4v) is 4.22. The second-order valence-corrected chi connectivity index (χ2v) is 7.91. The van der Waals surface area contributed by atoms with Gasteiger partial charge in [-0.2, -0.15) is 0 Å². The second-order valence-electron chi connectivity index (χ2n) is 7.91. The highest BCUT2D eigenvalue weighted by Crippen LogP contribution is 2.30. The Bertz CT molecular complexity index is 596. The standard InChI is InChI=1S/C21H33N3O2.2ClH/c1-17-5-3-4-6-18(17)15-24-13-7-19(8-14-24)23-20(25)21(16-26-2)9-11-22-12-10-21;;/h3-6,19,22H,7-16H2,1-2H3,(H,23,25);2*1H. The van der Waals surface area contributed by atoms with E-state index in [1.807, 2.05) is 0 Å². The Balaban J connectivity index is 0.00000196. The first-order chi connectivity index (χ1) is 12.6. The van der Waals surface area contributed by atoms with Crippen molar-refractivity contribution < 1.29 is 9.53 Å². The van der Waals surface area contributed by atoms with Crippen LogP contribution in [-0.2, 0) is 16.1 Å². The number of methoxy groups -OCH3 is 1. The number of nitrogens with zero attached hydrogens (tertiary/aromatic N) is 1. The first kappa shape index (κ1) is 25.2. The lowest BCUT2D eigenvalue weighted by Gasteiger charge is -2.38. The molecule has 28 heavy (non-hydrogen) atoms. The number of nitrogens with one attached hydrogen (secondary N) is 2. The highest BCUT2D eigenvalue weighted by molar-refractivity contribution is 5.85. The van der Waals surface area contributed by atoms with Gasteiger partial charge in [-0.1, -0.05) is 24.3 Å². The van der Waals surface area contributed by atoms with Crippen molar-refractivity contribution in [1.82, 2.24) is 15.5 Å². The van der Waals surface area contributed by atoms with Crippen LogP contribution in [0, 0.1) is 12.3 Å². The summed E-state index contributed by atoms with van der Waals surface area (Å²) in [5, 5.41) is 6.68. The fourth-order valence-electron chi connectivity index (χ4n) is 4.22. The average Bonchev–Trinajstić information content (AvgIpc) is 2.66. The Morgan fingerprint density at radius 1 is 1.21 bits per heavy atom. The van der Waals surface area contributed by atoms with Crippen molar-refractivity contribution in [3.8, 4) is 0 Å². The number of aryl methyl sites for hydroxylation is 1. The summed E-state index contributed by atoms with van der Waals surface area (Å²) in [5.41, 5.74) is 2.41. The van der Waals surface area contributed by atoms with E-state index >= 15 is 0 Å². The first-order valence-electron chi connectivity index (χ1n) is 9.90. The van der Waals surface area contributed by atoms with Crippen molar-refractivity contribution in [2.45, 2.75) is 45.2 Å². The molecule has 0 unspecified atom stereocenters. The molecule has 2 fully saturated rings. The summed E-state index contributed by atoms with van der Waals surface area (Å²) in [5.74, 6) is 0.193. The van der Waals surface area contributed by atoms with Crippen LogP contribution >= 0.6 is 24.8 Å². The van der Waals surface area contributed by atoms with Crippen molar-refractivity contribution in [3.63, 3.8) is 0 Å². The number of carbonyl (C=O) groups is 1. The van der Waals surface area contributed by atoms with Crippen LogP contribution in [0.3, 0.4) is 0 Å². The summed E-state index contributed by atoms with van der Waals surface area (Å²) >= 11 is 0. The number of ether oxygens (including phenoxy) is 1. The summed E-state index contributed by atoms with van der Waals surface area (Å²) in [6.45, 7) is 7.57. The molecule has 1 aromatic carbocycles. The molecule has 2 heterocycles. The fraction of sp³-hybridized carbons (Fsp3) is 0.667. The third-order valence-corrected chi connectivity index (χ3v) is 6.04. The van der Waals surface area contributed by atoms with Crippen LogP contribution < -0.4 is 10.6 Å². The van der Waals surface area contributed by atoms with E-state index in [4.69, 9.17) is 4.74 Å². The van der Waals surface area contributed by atoms with Crippen molar-refractivity contribution in [1.29, 1.82) is 0 Å². The molecule has 2 aliphatic heterocycles. The van der Waals surface area contributed by atoms with E-state index in [0.29, 0.717) is 12.6 Å². The zero-order chi connectivity index (χ0) is 18.4. The van der Waals surface area contributed by atoms with Gasteiger partial charge in [-0.3, -0.25) is 9.69 Å². The summed E-state index contributed by atoms with van der Waals surface area (Å²) in [6, 6.07) is 8.89. The molecule has 1 amide bonds. The van der Waals surface area contributed by atoms with Crippen LogP contribution in [0.25, 0.3) is 0 Å². The molecule has 0 spiro atoms. The van der Waals surface area contributed by atoms with Crippen molar-refractivity contribution in [2.75, 3.05) is 39.9 Å². The minimum absolute atomic E-state index is 0. The minimum atomic E-state index is -0.349. The van der Waals surface area contributed by atoms with Crippen LogP contribution in [0.15, 0.2) is 24.3 Å². The van der Waals surface area contributed by atoms with Gasteiger partial charge in [0.2, 0.25) is 5.91 Å². The molecule has 160 valence electrons. The van der Waals surface area contributed by atoms with Crippen molar-refractivity contribution in [3.05, 3.63) is 35.4 Å². The van der Waals surface area contributed by atoms with Gasteiger partial charge < -0.3 is 15.4 Å². The van der Waals surface area contributed by atoms with Gasteiger partial charge in [-0.05, 0) is 56.8 Å². The summed E-state index contributed by atoms with van der Waals surface area (Å²) in [4.78, 5) is 15.5. The van der Waals surface area contributed by atoms with E-state index in [-0.39, 0.29) is 36.1 Å². The molecule has 1 aromatic rings. The normalized spacial score (nSPS) is 19.9. The summed E-state index contributed by atoms with van der Waals surface area (Å²) in [6.07, 6.45) is 3.77. The Morgan fingerprint density at radius 3 is 2.46 bits per heavy atom. The predicted octanol–water partition coefficient (Wildman–Crippen LogP) is 2.94. The van der Waals surface area contributed by atoms with Gasteiger partial charge in [-0.25, -0.2) is 0 Å². The quantitative estimate of drug-likeness (QED) is 0.726. The molecule has 0 radical (unpaired) electrons. The van der Waals surface area contributed by atoms with Gasteiger partial charge in [0.1, 0.15) is 0 Å². The monoisotopic (exact) mass is 431 g/mol. The number of halogens is 2. The van der Waals surface area contributed by atoms with Gasteiger partial charge in [-0.15, -0.1) is 24.8 Å². The van der Waals surface area contributed by atoms with Crippen LogP contribution in [0.4, 0.5) is 0 Å². The molecular weight excluding hydrogens is 397 g/mol. The molecule has 0 saturated carbocycles. The maximum atomic E-state index is 13.0. The third kappa shape index (κ3) is 6.33. The molecule has 0 atom stereocenters. The number of hydrogen-bond acceptors (Lipinski definition) is 4. The summed E-state index contributed by atoms with van der Waals surface area (Å²) < 4.78 is 5.39. The zero-order valence-electron chi connectivity index (χ0n) is 17.0.